The van der Waals surface area contributed by atoms with Crippen LogP contribution < -0.4 is 5.73 Å². The SMILES string of the molecule is CC1CCCC(CN)(N(C)Cc2ccccc2)CC1. The maximum absolute atomic E-state index is 6.17. The van der Waals surface area contributed by atoms with Crippen molar-refractivity contribution in [2.75, 3.05) is 13.6 Å². The smallest absolute Gasteiger partial charge is 0.0332 e. The van der Waals surface area contributed by atoms with E-state index in [0.717, 1.165) is 19.0 Å². The van der Waals surface area contributed by atoms with E-state index in [1.807, 2.05) is 0 Å². The molecule has 0 spiro atoms. The summed E-state index contributed by atoms with van der Waals surface area (Å²) in [6, 6.07) is 10.7. The number of nitrogens with two attached hydrogens (primary N) is 1. The maximum atomic E-state index is 6.17. The second kappa shape index (κ2) is 6.53. The first kappa shape index (κ1) is 14.5. The fraction of sp³-hybridized carbons (Fsp3) is 0.647. The Labute approximate surface area is 118 Å². The van der Waals surface area contributed by atoms with E-state index in [4.69, 9.17) is 5.73 Å². The minimum Gasteiger partial charge on any atom is -0.329 e. The average Bonchev–Trinajstić information content (AvgIpc) is 2.62. The van der Waals surface area contributed by atoms with Crippen molar-refractivity contribution in [1.29, 1.82) is 0 Å². The Kier molecular flexibility index (Phi) is 5.00. The second-order valence-corrected chi connectivity index (χ2v) is 6.31. The molecule has 1 aliphatic rings. The molecule has 0 amide bonds. The van der Waals surface area contributed by atoms with Crippen LogP contribution in [-0.4, -0.2) is 24.0 Å². The van der Waals surface area contributed by atoms with Gasteiger partial charge < -0.3 is 5.73 Å². The van der Waals surface area contributed by atoms with Gasteiger partial charge in [0.2, 0.25) is 0 Å². The van der Waals surface area contributed by atoms with Gasteiger partial charge in [0.1, 0.15) is 0 Å². The monoisotopic (exact) mass is 260 g/mol. The van der Waals surface area contributed by atoms with Gasteiger partial charge in [-0.3, -0.25) is 4.90 Å². The predicted octanol–water partition coefficient (Wildman–Crippen LogP) is 3.42. The minimum atomic E-state index is 0.209. The second-order valence-electron chi connectivity index (χ2n) is 6.31. The summed E-state index contributed by atoms with van der Waals surface area (Å²) >= 11 is 0. The van der Waals surface area contributed by atoms with Crippen molar-refractivity contribution >= 4 is 0 Å². The molecule has 0 bridgehead atoms. The standard InChI is InChI=1S/C17H28N2/c1-15-7-6-11-17(14-18,12-10-15)19(2)13-16-8-4-3-5-9-16/h3-5,8-9,15H,6-7,10-14,18H2,1-2H3. The molecule has 0 aromatic heterocycles. The fourth-order valence-corrected chi connectivity index (χ4v) is 3.33. The molecule has 0 saturated heterocycles. The Hall–Kier alpha value is -0.860. The van der Waals surface area contributed by atoms with Crippen molar-refractivity contribution in [3.63, 3.8) is 0 Å². The molecular weight excluding hydrogens is 232 g/mol. The zero-order valence-electron chi connectivity index (χ0n) is 12.4. The molecule has 2 atom stereocenters. The summed E-state index contributed by atoms with van der Waals surface area (Å²) in [5, 5.41) is 0. The first-order chi connectivity index (χ1) is 9.16. The van der Waals surface area contributed by atoms with Gasteiger partial charge in [0.15, 0.2) is 0 Å². The highest BCUT2D eigenvalue weighted by Gasteiger charge is 2.34. The summed E-state index contributed by atoms with van der Waals surface area (Å²) in [5.41, 5.74) is 7.76. The van der Waals surface area contributed by atoms with Crippen molar-refractivity contribution in [2.24, 2.45) is 11.7 Å². The third-order valence-electron chi connectivity index (χ3n) is 4.89. The van der Waals surface area contributed by atoms with Gasteiger partial charge in [-0.05, 0) is 37.8 Å². The molecule has 19 heavy (non-hydrogen) atoms. The zero-order chi connectivity index (χ0) is 13.7. The molecule has 2 unspecified atom stereocenters. The number of hydrogen-bond donors (Lipinski definition) is 1. The lowest BCUT2D eigenvalue weighted by atomic mass is 9.87. The van der Waals surface area contributed by atoms with Crippen LogP contribution >= 0.6 is 0 Å². The molecule has 2 nitrogen and oxygen atoms in total. The topological polar surface area (TPSA) is 29.3 Å². The third-order valence-corrected chi connectivity index (χ3v) is 4.89. The molecular formula is C17H28N2. The number of hydrogen-bond acceptors (Lipinski definition) is 2. The Morgan fingerprint density at radius 3 is 2.63 bits per heavy atom. The molecule has 0 radical (unpaired) electrons. The lowest BCUT2D eigenvalue weighted by Gasteiger charge is -2.41. The van der Waals surface area contributed by atoms with E-state index in [1.54, 1.807) is 0 Å². The van der Waals surface area contributed by atoms with Gasteiger partial charge in [-0.25, -0.2) is 0 Å². The van der Waals surface area contributed by atoms with Crippen LogP contribution in [0.25, 0.3) is 0 Å². The van der Waals surface area contributed by atoms with E-state index >= 15 is 0 Å². The van der Waals surface area contributed by atoms with E-state index in [1.165, 1.54) is 37.7 Å². The summed E-state index contributed by atoms with van der Waals surface area (Å²) in [7, 11) is 2.25. The van der Waals surface area contributed by atoms with Crippen LogP contribution in [0.5, 0.6) is 0 Å². The molecule has 0 heterocycles. The van der Waals surface area contributed by atoms with Gasteiger partial charge in [-0.15, -0.1) is 0 Å². The summed E-state index contributed by atoms with van der Waals surface area (Å²) in [4.78, 5) is 2.50. The molecule has 2 heteroatoms. The van der Waals surface area contributed by atoms with E-state index in [2.05, 4.69) is 49.2 Å². The molecule has 1 aromatic rings. The zero-order valence-corrected chi connectivity index (χ0v) is 12.4. The van der Waals surface area contributed by atoms with Crippen LogP contribution in [0.15, 0.2) is 30.3 Å². The minimum absolute atomic E-state index is 0.209. The number of benzene rings is 1. The molecule has 0 aliphatic heterocycles. The molecule has 1 aliphatic carbocycles. The molecule has 1 aromatic carbocycles. The Balaban J connectivity index is 2.07. The Bertz CT molecular complexity index is 376. The van der Waals surface area contributed by atoms with Crippen LogP contribution in [0.2, 0.25) is 0 Å². The van der Waals surface area contributed by atoms with E-state index in [-0.39, 0.29) is 5.54 Å². The van der Waals surface area contributed by atoms with Gasteiger partial charge in [0, 0.05) is 18.6 Å². The first-order valence-electron chi connectivity index (χ1n) is 7.61. The van der Waals surface area contributed by atoms with Crippen LogP contribution in [0, 0.1) is 5.92 Å². The van der Waals surface area contributed by atoms with Gasteiger partial charge in [-0.2, -0.15) is 0 Å². The molecule has 1 saturated carbocycles. The quantitative estimate of drug-likeness (QED) is 0.841. The lowest BCUT2D eigenvalue weighted by molar-refractivity contribution is 0.0987. The van der Waals surface area contributed by atoms with Crippen LogP contribution in [-0.2, 0) is 6.54 Å². The largest absolute Gasteiger partial charge is 0.329 e. The number of nitrogens with zero attached hydrogens (tertiary/aromatic N) is 1. The Morgan fingerprint density at radius 1 is 1.21 bits per heavy atom. The normalized spacial score (nSPS) is 28.3. The van der Waals surface area contributed by atoms with Crippen LogP contribution in [0.4, 0.5) is 0 Å². The summed E-state index contributed by atoms with van der Waals surface area (Å²) < 4.78 is 0. The number of likely N-dealkylation sites (N-methyl/N-ethyl adjacent to an activating group) is 1. The molecule has 2 rings (SSSR count). The van der Waals surface area contributed by atoms with Crippen LogP contribution in [0.3, 0.4) is 0 Å². The van der Waals surface area contributed by atoms with Crippen molar-refractivity contribution in [3.8, 4) is 0 Å². The predicted molar refractivity (Wildman–Crippen MR) is 81.9 cm³/mol. The highest BCUT2D eigenvalue weighted by Crippen LogP contribution is 2.34. The summed E-state index contributed by atoms with van der Waals surface area (Å²) in [6.45, 7) is 4.17. The third kappa shape index (κ3) is 3.58. The lowest BCUT2D eigenvalue weighted by Crippen LogP contribution is -2.51. The maximum Gasteiger partial charge on any atom is 0.0332 e. The van der Waals surface area contributed by atoms with Gasteiger partial charge in [0.25, 0.3) is 0 Å². The van der Waals surface area contributed by atoms with E-state index in [9.17, 15) is 0 Å². The van der Waals surface area contributed by atoms with Gasteiger partial charge >= 0.3 is 0 Å². The summed E-state index contributed by atoms with van der Waals surface area (Å²) in [5.74, 6) is 0.860. The fourth-order valence-electron chi connectivity index (χ4n) is 3.33. The first-order valence-corrected chi connectivity index (χ1v) is 7.61. The van der Waals surface area contributed by atoms with E-state index < -0.39 is 0 Å². The molecule has 2 N–H and O–H groups in total. The molecule has 106 valence electrons. The van der Waals surface area contributed by atoms with Crippen LogP contribution in [0.1, 0.15) is 44.6 Å². The summed E-state index contributed by atoms with van der Waals surface area (Å²) in [6.07, 6.45) is 6.49. The average molecular weight is 260 g/mol. The molecule has 1 fully saturated rings. The van der Waals surface area contributed by atoms with E-state index in [0.29, 0.717) is 0 Å². The van der Waals surface area contributed by atoms with Gasteiger partial charge in [-0.1, -0.05) is 50.1 Å². The highest BCUT2D eigenvalue weighted by atomic mass is 15.2. The van der Waals surface area contributed by atoms with Crippen molar-refractivity contribution in [2.45, 2.75) is 51.1 Å². The number of rotatable bonds is 4. The van der Waals surface area contributed by atoms with Gasteiger partial charge in [0.05, 0.1) is 0 Å². The highest BCUT2D eigenvalue weighted by molar-refractivity contribution is 5.15. The van der Waals surface area contributed by atoms with Crippen molar-refractivity contribution in [3.05, 3.63) is 35.9 Å². The van der Waals surface area contributed by atoms with Crippen molar-refractivity contribution in [1.82, 2.24) is 4.90 Å². The Morgan fingerprint density at radius 2 is 1.95 bits per heavy atom. The van der Waals surface area contributed by atoms with Crippen molar-refractivity contribution < 1.29 is 0 Å².